The first kappa shape index (κ1) is 11.3. The fourth-order valence-corrected chi connectivity index (χ4v) is 2.23. The summed E-state index contributed by atoms with van der Waals surface area (Å²) in [5.41, 5.74) is 7.02. The molecular weight excluding hydrogens is 200 g/mol. The Hall–Kier alpha value is -1.22. The van der Waals surface area contributed by atoms with E-state index < -0.39 is 0 Å². The molecule has 1 aromatic rings. The van der Waals surface area contributed by atoms with Crippen molar-refractivity contribution in [2.75, 3.05) is 11.9 Å². The lowest BCUT2D eigenvalue weighted by Gasteiger charge is -2.14. The van der Waals surface area contributed by atoms with Crippen LogP contribution in [0.15, 0.2) is 24.3 Å². The average Bonchev–Trinajstić information content (AvgIpc) is 2.65. The fourth-order valence-electron chi connectivity index (χ4n) is 2.23. The van der Waals surface area contributed by atoms with Crippen molar-refractivity contribution in [3.63, 3.8) is 0 Å². The highest BCUT2D eigenvalue weighted by Crippen LogP contribution is 2.24. The van der Waals surface area contributed by atoms with Gasteiger partial charge in [-0.1, -0.05) is 6.07 Å². The Labute approximate surface area is 97.0 Å². The standard InChI is InChI=1S/C13H20N2O/c1-2-16-13-5-3-4-11(9-13)15-12-7-6-10(14)8-12/h3-5,9-10,12,15H,2,6-8,14H2,1H3. The van der Waals surface area contributed by atoms with Crippen LogP contribution in [0.1, 0.15) is 26.2 Å². The summed E-state index contributed by atoms with van der Waals surface area (Å²) >= 11 is 0. The fraction of sp³-hybridized carbons (Fsp3) is 0.538. The molecule has 1 aliphatic carbocycles. The first-order valence-corrected chi connectivity index (χ1v) is 6.03. The van der Waals surface area contributed by atoms with E-state index >= 15 is 0 Å². The third kappa shape index (κ3) is 2.89. The third-order valence-electron chi connectivity index (χ3n) is 2.99. The molecule has 0 saturated heterocycles. The summed E-state index contributed by atoms with van der Waals surface area (Å²) in [4.78, 5) is 0. The van der Waals surface area contributed by atoms with Crippen molar-refractivity contribution < 1.29 is 4.74 Å². The molecule has 16 heavy (non-hydrogen) atoms. The van der Waals surface area contributed by atoms with Crippen molar-refractivity contribution in [2.45, 2.75) is 38.3 Å². The van der Waals surface area contributed by atoms with Crippen molar-refractivity contribution in [2.24, 2.45) is 5.73 Å². The van der Waals surface area contributed by atoms with Gasteiger partial charge in [-0.05, 0) is 38.3 Å². The van der Waals surface area contributed by atoms with Gasteiger partial charge in [0.25, 0.3) is 0 Å². The number of benzene rings is 1. The molecule has 0 radical (unpaired) electrons. The van der Waals surface area contributed by atoms with Gasteiger partial charge in [0.1, 0.15) is 5.75 Å². The second kappa shape index (κ2) is 5.21. The monoisotopic (exact) mass is 220 g/mol. The van der Waals surface area contributed by atoms with Crippen LogP contribution < -0.4 is 15.8 Å². The molecule has 2 unspecified atom stereocenters. The minimum absolute atomic E-state index is 0.368. The summed E-state index contributed by atoms with van der Waals surface area (Å²) in [5, 5.41) is 3.51. The summed E-state index contributed by atoms with van der Waals surface area (Å²) in [6.07, 6.45) is 3.36. The zero-order valence-electron chi connectivity index (χ0n) is 9.78. The quantitative estimate of drug-likeness (QED) is 0.819. The van der Waals surface area contributed by atoms with E-state index in [1.54, 1.807) is 0 Å². The van der Waals surface area contributed by atoms with E-state index in [9.17, 15) is 0 Å². The van der Waals surface area contributed by atoms with Gasteiger partial charge in [-0.3, -0.25) is 0 Å². The maximum atomic E-state index is 5.89. The number of nitrogens with two attached hydrogens (primary N) is 1. The van der Waals surface area contributed by atoms with Gasteiger partial charge in [0.15, 0.2) is 0 Å². The minimum Gasteiger partial charge on any atom is -0.494 e. The second-order valence-electron chi connectivity index (χ2n) is 4.38. The van der Waals surface area contributed by atoms with E-state index in [2.05, 4.69) is 11.4 Å². The van der Waals surface area contributed by atoms with Crippen LogP contribution in [0.5, 0.6) is 5.75 Å². The molecule has 3 heteroatoms. The van der Waals surface area contributed by atoms with Gasteiger partial charge >= 0.3 is 0 Å². The van der Waals surface area contributed by atoms with E-state index in [4.69, 9.17) is 10.5 Å². The van der Waals surface area contributed by atoms with Crippen LogP contribution in [0.25, 0.3) is 0 Å². The summed E-state index contributed by atoms with van der Waals surface area (Å²) in [6, 6.07) is 9.01. The third-order valence-corrected chi connectivity index (χ3v) is 2.99. The van der Waals surface area contributed by atoms with Gasteiger partial charge in [-0.2, -0.15) is 0 Å². The first-order valence-electron chi connectivity index (χ1n) is 6.03. The molecular formula is C13H20N2O. The number of rotatable bonds is 4. The van der Waals surface area contributed by atoms with Crippen molar-refractivity contribution in [1.82, 2.24) is 0 Å². The topological polar surface area (TPSA) is 47.3 Å². The Morgan fingerprint density at radius 3 is 3.00 bits per heavy atom. The molecule has 0 bridgehead atoms. The SMILES string of the molecule is CCOc1cccc(NC2CCC(N)C2)c1. The van der Waals surface area contributed by atoms with Crippen LogP contribution in [0.2, 0.25) is 0 Å². The first-order chi connectivity index (χ1) is 7.78. The summed E-state index contributed by atoms with van der Waals surface area (Å²) in [7, 11) is 0. The number of ether oxygens (including phenoxy) is 1. The lowest BCUT2D eigenvalue weighted by Crippen LogP contribution is -2.20. The Balaban J connectivity index is 1.95. The summed E-state index contributed by atoms with van der Waals surface area (Å²) < 4.78 is 5.47. The van der Waals surface area contributed by atoms with E-state index in [0.29, 0.717) is 18.7 Å². The average molecular weight is 220 g/mol. The molecule has 1 aliphatic rings. The Kier molecular flexibility index (Phi) is 3.67. The van der Waals surface area contributed by atoms with Crippen LogP contribution in [-0.4, -0.2) is 18.7 Å². The predicted molar refractivity (Wildman–Crippen MR) is 66.8 cm³/mol. The largest absolute Gasteiger partial charge is 0.494 e. The van der Waals surface area contributed by atoms with Crippen molar-refractivity contribution in [1.29, 1.82) is 0 Å². The van der Waals surface area contributed by atoms with Gasteiger partial charge in [-0.15, -0.1) is 0 Å². The molecule has 2 atom stereocenters. The number of anilines is 1. The lowest BCUT2D eigenvalue weighted by atomic mass is 10.2. The molecule has 1 saturated carbocycles. The zero-order valence-corrected chi connectivity index (χ0v) is 9.78. The van der Waals surface area contributed by atoms with Crippen LogP contribution in [0, 0.1) is 0 Å². The minimum atomic E-state index is 0.368. The molecule has 0 heterocycles. The van der Waals surface area contributed by atoms with Gasteiger partial charge < -0.3 is 15.8 Å². The smallest absolute Gasteiger partial charge is 0.121 e. The second-order valence-corrected chi connectivity index (χ2v) is 4.38. The maximum Gasteiger partial charge on any atom is 0.121 e. The Morgan fingerprint density at radius 2 is 2.31 bits per heavy atom. The highest BCUT2D eigenvalue weighted by molar-refractivity contribution is 5.49. The van der Waals surface area contributed by atoms with Gasteiger partial charge in [0, 0.05) is 23.8 Å². The van der Waals surface area contributed by atoms with Gasteiger partial charge in [-0.25, -0.2) is 0 Å². The van der Waals surface area contributed by atoms with Crippen molar-refractivity contribution in [3.05, 3.63) is 24.3 Å². The van der Waals surface area contributed by atoms with E-state index in [0.717, 1.165) is 24.3 Å². The van der Waals surface area contributed by atoms with E-state index in [-0.39, 0.29) is 0 Å². The molecule has 0 aliphatic heterocycles. The van der Waals surface area contributed by atoms with Gasteiger partial charge in [0.05, 0.1) is 6.61 Å². The van der Waals surface area contributed by atoms with E-state index in [1.807, 2.05) is 25.1 Å². The zero-order chi connectivity index (χ0) is 11.4. The van der Waals surface area contributed by atoms with Crippen molar-refractivity contribution >= 4 is 5.69 Å². The van der Waals surface area contributed by atoms with Crippen LogP contribution >= 0.6 is 0 Å². The summed E-state index contributed by atoms with van der Waals surface area (Å²) in [6.45, 7) is 2.70. The molecule has 88 valence electrons. The molecule has 0 spiro atoms. The molecule has 0 amide bonds. The van der Waals surface area contributed by atoms with Crippen molar-refractivity contribution in [3.8, 4) is 5.75 Å². The maximum absolute atomic E-state index is 5.89. The highest BCUT2D eigenvalue weighted by atomic mass is 16.5. The Bertz CT molecular complexity index is 340. The van der Waals surface area contributed by atoms with Crippen LogP contribution in [-0.2, 0) is 0 Å². The van der Waals surface area contributed by atoms with Gasteiger partial charge in [0.2, 0.25) is 0 Å². The molecule has 0 aromatic heterocycles. The highest BCUT2D eigenvalue weighted by Gasteiger charge is 2.21. The number of nitrogens with one attached hydrogen (secondary N) is 1. The molecule has 1 aromatic carbocycles. The normalized spacial score (nSPS) is 24.4. The molecule has 1 fully saturated rings. The predicted octanol–water partition coefficient (Wildman–Crippen LogP) is 2.38. The molecule has 3 nitrogen and oxygen atoms in total. The molecule has 2 rings (SSSR count). The lowest BCUT2D eigenvalue weighted by molar-refractivity contribution is 0.340. The number of hydrogen-bond acceptors (Lipinski definition) is 3. The summed E-state index contributed by atoms with van der Waals surface area (Å²) in [5.74, 6) is 0.926. The van der Waals surface area contributed by atoms with Crippen LogP contribution in [0.4, 0.5) is 5.69 Å². The number of hydrogen-bond donors (Lipinski definition) is 2. The molecule has 3 N–H and O–H groups in total. The Morgan fingerprint density at radius 1 is 1.44 bits per heavy atom. The van der Waals surface area contributed by atoms with Crippen LogP contribution in [0.3, 0.4) is 0 Å². The van der Waals surface area contributed by atoms with E-state index in [1.165, 1.54) is 6.42 Å².